The van der Waals surface area contributed by atoms with Crippen LogP contribution in [0.25, 0.3) is 0 Å². The second kappa shape index (κ2) is 6.34. The Morgan fingerprint density at radius 1 is 1.33 bits per heavy atom. The molecule has 0 amide bonds. The fourth-order valence-electron chi connectivity index (χ4n) is 2.75. The second-order valence-corrected chi connectivity index (χ2v) is 5.24. The molecule has 2 rings (SSSR count). The summed E-state index contributed by atoms with van der Waals surface area (Å²) < 4.78 is 2.25. The highest BCUT2D eigenvalue weighted by molar-refractivity contribution is 4.90. The molecule has 1 aliphatic rings. The van der Waals surface area contributed by atoms with Crippen molar-refractivity contribution in [2.45, 2.75) is 52.2 Å². The van der Waals surface area contributed by atoms with E-state index in [2.05, 4.69) is 46.7 Å². The molecule has 0 aromatic carbocycles. The van der Waals surface area contributed by atoms with Crippen LogP contribution in [0.3, 0.4) is 0 Å². The van der Waals surface area contributed by atoms with Crippen molar-refractivity contribution in [1.82, 2.24) is 19.8 Å². The highest BCUT2D eigenvalue weighted by atomic mass is 15.2. The number of aromatic nitrogens is 2. The van der Waals surface area contributed by atoms with Gasteiger partial charge in [-0.3, -0.25) is 4.90 Å². The summed E-state index contributed by atoms with van der Waals surface area (Å²) in [4.78, 5) is 6.93. The van der Waals surface area contributed by atoms with E-state index in [1.165, 1.54) is 19.4 Å². The Hall–Kier alpha value is -0.870. The largest absolute Gasteiger partial charge is 0.334 e. The molecule has 0 aliphatic carbocycles. The van der Waals surface area contributed by atoms with Gasteiger partial charge in [0.15, 0.2) is 0 Å². The Morgan fingerprint density at radius 2 is 2.17 bits per heavy atom. The van der Waals surface area contributed by atoms with Gasteiger partial charge in [0.2, 0.25) is 0 Å². The van der Waals surface area contributed by atoms with Gasteiger partial charge in [-0.2, -0.15) is 0 Å². The Labute approximate surface area is 110 Å². The molecule has 1 saturated heterocycles. The third-order valence-electron chi connectivity index (χ3n) is 4.13. The van der Waals surface area contributed by atoms with Crippen LogP contribution in [0.4, 0.5) is 0 Å². The standard InChI is InChI=1S/C14H26N4/c1-4-13-11-18(14(5-2)10-16-13)9-8-17-7-6-15-12(17)3/h6-7,13-14,16H,4-5,8-11H2,1-3H3. The van der Waals surface area contributed by atoms with E-state index < -0.39 is 0 Å². The minimum absolute atomic E-state index is 0.664. The average Bonchev–Trinajstić information content (AvgIpc) is 2.81. The minimum Gasteiger partial charge on any atom is -0.334 e. The van der Waals surface area contributed by atoms with Gasteiger partial charge in [-0.25, -0.2) is 4.98 Å². The van der Waals surface area contributed by atoms with Gasteiger partial charge in [-0.15, -0.1) is 0 Å². The quantitative estimate of drug-likeness (QED) is 0.862. The molecule has 4 nitrogen and oxygen atoms in total. The zero-order valence-electron chi connectivity index (χ0n) is 11.9. The predicted molar refractivity (Wildman–Crippen MR) is 74.7 cm³/mol. The molecule has 0 bridgehead atoms. The summed E-state index contributed by atoms with van der Waals surface area (Å²) in [6.07, 6.45) is 6.42. The molecule has 1 fully saturated rings. The molecule has 1 N–H and O–H groups in total. The second-order valence-electron chi connectivity index (χ2n) is 5.24. The maximum atomic E-state index is 4.28. The van der Waals surface area contributed by atoms with Gasteiger partial charge in [-0.1, -0.05) is 13.8 Å². The van der Waals surface area contributed by atoms with Crippen LogP contribution in [0.5, 0.6) is 0 Å². The van der Waals surface area contributed by atoms with Crippen LogP contribution in [0.2, 0.25) is 0 Å². The maximum absolute atomic E-state index is 4.28. The molecule has 0 saturated carbocycles. The Balaban J connectivity index is 1.90. The van der Waals surface area contributed by atoms with E-state index >= 15 is 0 Å². The van der Waals surface area contributed by atoms with E-state index in [0.717, 1.165) is 25.5 Å². The van der Waals surface area contributed by atoms with Crippen LogP contribution in [-0.2, 0) is 6.54 Å². The predicted octanol–water partition coefficient (Wildman–Crippen LogP) is 1.65. The van der Waals surface area contributed by atoms with Gasteiger partial charge in [0.25, 0.3) is 0 Å². The van der Waals surface area contributed by atoms with Gasteiger partial charge in [0.05, 0.1) is 0 Å². The van der Waals surface area contributed by atoms with Crippen molar-refractivity contribution in [3.63, 3.8) is 0 Å². The SMILES string of the molecule is CCC1CN(CCn2ccnc2C)C(CC)CN1. The molecule has 102 valence electrons. The first-order valence-electron chi connectivity index (χ1n) is 7.19. The number of nitrogens with zero attached hydrogens (tertiary/aromatic N) is 3. The lowest BCUT2D eigenvalue weighted by atomic mass is 10.1. The van der Waals surface area contributed by atoms with Gasteiger partial charge in [0.1, 0.15) is 5.82 Å². The molecule has 0 spiro atoms. The maximum Gasteiger partial charge on any atom is 0.105 e. The smallest absolute Gasteiger partial charge is 0.105 e. The molecule has 0 radical (unpaired) electrons. The molecule has 2 heterocycles. The first-order valence-corrected chi connectivity index (χ1v) is 7.19. The van der Waals surface area contributed by atoms with Crippen LogP contribution in [0.1, 0.15) is 32.5 Å². The lowest BCUT2D eigenvalue weighted by molar-refractivity contribution is 0.120. The van der Waals surface area contributed by atoms with Crippen LogP contribution in [0.15, 0.2) is 12.4 Å². The number of hydrogen-bond acceptors (Lipinski definition) is 3. The third-order valence-corrected chi connectivity index (χ3v) is 4.13. The van der Waals surface area contributed by atoms with E-state index in [1.54, 1.807) is 0 Å². The number of piperazine rings is 1. The number of imidazole rings is 1. The molecule has 18 heavy (non-hydrogen) atoms. The van der Waals surface area contributed by atoms with Crippen molar-refractivity contribution in [3.8, 4) is 0 Å². The number of rotatable bonds is 5. The monoisotopic (exact) mass is 250 g/mol. The Morgan fingerprint density at radius 3 is 2.78 bits per heavy atom. The number of aryl methyl sites for hydroxylation is 1. The summed E-state index contributed by atoms with van der Waals surface area (Å²) in [7, 11) is 0. The zero-order valence-corrected chi connectivity index (χ0v) is 11.9. The number of nitrogens with one attached hydrogen (secondary N) is 1. The van der Waals surface area contributed by atoms with Gasteiger partial charge in [-0.05, 0) is 19.8 Å². The van der Waals surface area contributed by atoms with E-state index in [0.29, 0.717) is 12.1 Å². The van der Waals surface area contributed by atoms with Crippen molar-refractivity contribution in [2.75, 3.05) is 19.6 Å². The van der Waals surface area contributed by atoms with E-state index in [9.17, 15) is 0 Å². The summed E-state index contributed by atoms with van der Waals surface area (Å²) >= 11 is 0. The fourth-order valence-corrected chi connectivity index (χ4v) is 2.75. The average molecular weight is 250 g/mol. The topological polar surface area (TPSA) is 33.1 Å². The lowest BCUT2D eigenvalue weighted by Gasteiger charge is -2.40. The van der Waals surface area contributed by atoms with Crippen molar-refractivity contribution in [2.24, 2.45) is 0 Å². The molecular formula is C14H26N4. The molecule has 1 aromatic rings. The minimum atomic E-state index is 0.664. The summed E-state index contributed by atoms with van der Waals surface area (Å²) in [6.45, 7) is 11.1. The van der Waals surface area contributed by atoms with Crippen LogP contribution >= 0.6 is 0 Å². The fraction of sp³-hybridized carbons (Fsp3) is 0.786. The first kappa shape index (κ1) is 13.6. The molecular weight excluding hydrogens is 224 g/mol. The lowest BCUT2D eigenvalue weighted by Crippen LogP contribution is -2.56. The van der Waals surface area contributed by atoms with Crippen LogP contribution in [0, 0.1) is 6.92 Å². The molecule has 1 aromatic heterocycles. The van der Waals surface area contributed by atoms with Crippen molar-refractivity contribution in [1.29, 1.82) is 0 Å². The highest BCUT2D eigenvalue weighted by Crippen LogP contribution is 2.12. The number of hydrogen-bond donors (Lipinski definition) is 1. The van der Waals surface area contributed by atoms with E-state index in [1.807, 2.05) is 6.20 Å². The molecule has 4 heteroatoms. The Kier molecular flexibility index (Phi) is 4.78. The Bertz CT molecular complexity index is 360. The van der Waals surface area contributed by atoms with Crippen molar-refractivity contribution >= 4 is 0 Å². The zero-order chi connectivity index (χ0) is 13.0. The summed E-state index contributed by atoms with van der Waals surface area (Å²) in [5, 5.41) is 3.64. The normalized spacial score (nSPS) is 25.5. The molecule has 2 atom stereocenters. The van der Waals surface area contributed by atoms with E-state index in [4.69, 9.17) is 0 Å². The summed E-state index contributed by atoms with van der Waals surface area (Å²) in [5.41, 5.74) is 0. The summed E-state index contributed by atoms with van der Waals surface area (Å²) in [5.74, 6) is 1.12. The van der Waals surface area contributed by atoms with Crippen molar-refractivity contribution < 1.29 is 0 Å². The molecule has 1 aliphatic heterocycles. The van der Waals surface area contributed by atoms with Gasteiger partial charge < -0.3 is 9.88 Å². The van der Waals surface area contributed by atoms with Crippen LogP contribution in [-0.4, -0.2) is 46.2 Å². The molecule has 2 unspecified atom stereocenters. The van der Waals surface area contributed by atoms with Crippen molar-refractivity contribution in [3.05, 3.63) is 18.2 Å². The van der Waals surface area contributed by atoms with Crippen LogP contribution < -0.4 is 5.32 Å². The first-order chi connectivity index (χ1) is 8.74. The highest BCUT2D eigenvalue weighted by Gasteiger charge is 2.25. The van der Waals surface area contributed by atoms with E-state index in [-0.39, 0.29) is 0 Å². The van der Waals surface area contributed by atoms with Gasteiger partial charge in [0, 0.05) is 50.7 Å². The summed E-state index contributed by atoms with van der Waals surface area (Å²) in [6, 6.07) is 1.35. The van der Waals surface area contributed by atoms with Gasteiger partial charge >= 0.3 is 0 Å². The third kappa shape index (κ3) is 3.12.